The van der Waals surface area contributed by atoms with E-state index in [1.165, 1.54) is 14.2 Å². The molecule has 0 aliphatic carbocycles. The fourth-order valence-electron chi connectivity index (χ4n) is 3.85. The van der Waals surface area contributed by atoms with Crippen molar-refractivity contribution in [3.8, 4) is 0 Å². The summed E-state index contributed by atoms with van der Waals surface area (Å²) in [4.78, 5) is 39.2. The van der Waals surface area contributed by atoms with Gasteiger partial charge < -0.3 is 29.2 Å². The number of amides is 1. The van der Waals surface area contributed by atoms with Crippen LogP contribution in [0.4, 0.5) is 5.00 Å². The van der Waals surface area contributed by atoms with E-state index in [1.807, 2.05) is 0 Å². The number of nitrogens with zero attached hydrogens (tertiary/aromatic N) is 1. The van der Waals surface area contributed by atoms with E-state index in [2.05, 4.69) is 10.2 Å². The predicted molar refractivity (Wildman–Crippen MR) is 110 cm³/mol. The Morgan fingerprint density at radius 1 is 1.17 bits per heavy atom. The molecule has 0 bridgehead atoms. The van der Waals surface area contributed by atoms with Gasteiger partial charge in [0.05, 0.1) is 33.0 Å². The number of anilines is 1. The molecule has 10 heteroatoms. The molecule has 1 aromatic rings. The van der Waals surface area contributed by atoms with Crippen LogP contribution < -0.4 is 5.32 Å². The van der Waals surface area contributed by atoms with Crippen LogP contribution in [0.25, 0.3) is 0 Å². The van der Waals surface area contributed by atoms with Gasteiger partial charge in [-0.05, 0) is 31.9 Å². The van der Waals surface area contributed by atoms with Crippen LogP contribution in [-0.4, -0.2) is 76.1 Å². The number of piperidine rings is 1. The quantitative estimate of drug-likeness (QED) is 0.643. The molecular formula is C20H28N2O7S. The smallest absolute Gasteiger partial charge is 0.348 e. The van der Waals surface area contributed by atoms with Gasteiger partial charge in [-0.2, -0.15) is 0 Å². The van der Waals surface area contributed by atoms with Gasteiger partial charge in [-0.3, -0.25) is 4.79 Å². The topological polar surface area (TPSA) is 103 Å². The second-order valence-electron chi connectivity index (χ2n) is 7.35. The maximum absolute atomic E-state index is 12.6. The largest absolute Gasteiger partial charge is 0.465 e. The van der Waals surface area contributed by atoms with Crippen molar-refractivity contribution in [2.24, 2.45) is 5.92 Å². The molecule has 2 saturated heterocycles. The normalized spacial score (nSPS) is 20.2. The van der Waals surface area contributed by atoms with E-state index in [0.29, 0.717) is 36.2 Å². The number of esters is 2. The number of ether oxygens (including phenoxy) is 4. The highest BCUT2D eigenvalue weighted by atomic mass is 32.1. The van der Waals surface area contributed by atoms with Gasteiger partial charge in [0.1, 0.15) is 9.88 Å². The zero-order valence-corrected chi connectivity index (χ0v) is 18.3. The number of carbonyl (C=O) groups excluding carboxylic acids is 3. The predicted octanol–water partition coefficient (Wildman–Crippen LogP) is 2.04. The monoisotopic (exact) mass is 440 g/mol. The average Bonchev–Trinajstić information content (AvgIpc) is 3.40. The first-order valence-electron chi connectivity index (χ1n) is 10.00. The molecule has 0 aromatic carbocycles. The van der Waals surface area contributed by atoms with Crippen LogP contribution in [0.15, 0.2) is 0 Å². The van der Waals surface area contributed by atoms with Crippen molar-refractivity contribution < 1.29 is 33.3 Å². The van der Waals surface area contributed by atoms with E-state index < -0.39 is 11.9 Å². The number of nitrogens with one attached hydrogen (secondary N) is 1. The Morgan fingerprint density at radius 2 is 1.87 bits per heavy atom. The summed E-state index contributed by atoms with van der Waals surface area (Å²) in [5, 5.41) is 3.07. The molecule has 2 aliphatic rings. The Hall–Kier alpha value is -2.01. The minimum Gasteiger partial charge on any atom is -0.465 e. The van der Waals surface area contributed by atoms with Crippen LogP contribution in [0.5, 0.6) is 0 Å². The van der Waals surface area contributed by atoms with Crippen LogP contribution >= 0.6 is 11.3 Å². The molecule has 166 valence electrons. The van der Waals surface area contributed by atoms with Crippen molar-refractivity contribution in [2.45, 2.75) is 32.5 Å². The fraction of sp³-hybridized carbons (Fsp3) is 0.650. The van der Waals surface area contributed by atoms with Crippen LogP contribution in [0, 0.1) is 12.8 Å². The van der Waals surface area contributed by atoms with Gasteiger partial charge >= 0.3 is 11.9 Å². The lowest BCUT2D eigenvalue weighted by Crippen LogP contribution is -2.41. The number of likely N-dealkylation sites (tertiary alicyclic amines) is 1. The molecular weight excluding hydrogens is 412 g/mol. The summed E-state index contributed by atoms with van der Waals surface area (Å²) in [6.45, 7) is 5.26. The Morgan fingerprint density at radius 3 is 2.53 bits per heavy atom. The molecule has 1 atom stereocenters. The molecule has 3 rings (SSSR count). The second kappa shape index (κ2) is 10.3. The molecule has 1 N–H and O–H groups in total. The van der Waals surface area contributed by atoms with E-state index in [1.54, 1.807) is 6.92 Å². The molecule has 9 nitrogen and oxygen atoms in total. The van der Waals surface area contributed by atoms with Crippen LogP contribution in [-0.2, 0) is 23.7 Å². The lowest BCUT2D eigenvalue weighted by molar-refractivity contribution is -0.117. The zero-order valence-electron chi connectivity index (χ0n) is 17.5. The third kappa shape index (κ3) is 5.18. The van der Waals surface area contributed by atoms with Gasteiger partial charge in [-0.25, -0.2) is 9.59 Å². The van der Waals surface area contributed by atoms with Crippen LogP contribution in [0.2, 0.25) is 0 Å². The van der Waals surface area contributed by atoms with Crippen molar-refractivity contribution >= 4 is 34.2 Å². The first-order valence-corrected chi connectivity index (χ1v) is 10.8. The number of rotatable bonds is 7. The van der Waals surface area contributed by atoms with E-state index in [9.17, 15) is 14.4 Å². The van der Waals surface area contributed by atoms with E-state index in [4.69, 9.17) is 18.9 Å². The Balaban J connectivity index is 1.60. The van der Waals surface area contributed by atoms with Gasteiger partial charge in [0.25, 0.3) is 0 Å². The lowest BCUT2D eigenvalue weighted by atomic mass is 9.97. The summed E-state index contributed by atoms with van der Waals surface area (Å²) >= 11 is 1.02. The maximum atomic E-state index is 12.6. The van der Waals surface area contributed by atoms with Gasteiger partial charge in [0.2, 0.25) is 5.91 Å². The van der Waals surface area contributed by atoms with Gasteiger partial charge in [0, 0.05) is 25.4 Å². The molecule has 1 aromatic heterocycles. The molecule has 0 saturated carbocycles. The summed E-state index contributed by atoms with van der Waals surface area (Å²) in [6.07, 6.45) is 2.22. The standard InChI is InChI=1S/C20H28N2O7S/c1-12-15(18(24)26-2)17(30-16(12)19(25)27-3)21-14(23)6-8-22-7-4-5-13(11-22)20-28-9-10-29-20/h13,20H,4-11H2,1-3H3,(H,21,23). The molecule has 3 heterocycles. The maximum Gasteiger partial charge on any atom is 0.348 e. The molecule has 1 unspecified atom stereocenters. The van der Waals surface area contributed by atoms with Crippen molar-refractivity contribution in [3.63, 3.8) is 0 Å². The summed E-state index contributed by atoms with van der Waals surface area (Å²) in [5.41, 5.74) is 0.620. The number of methoxy groups -OCH3 is 2. The Kier molecular flexibility index (Phi) is 7.81. The van der Waals surface area contributed by atoms with Crippen molar-refractivity contribution in [1.29, 1.82) is 0 Å². The summed E-state index contributed by atoms with van der Waals surface area (Å²) in [7, 11) is 2.53. The van der Waals surface area contributed by atoms with Gasteiger partial charge in [-0.1, -0.05) is 0 Å². The highest BCUT2D eigenvalue weighted by Crippen LogP contribution is 2.34. The summed E-state index contributed by atoms with van der Waals surface area (Å²) in [5.74, 6) is -1.07. The number of carbonyl (C=O) groups is 3. The number of hydrogen-bond acceptors (Lipinski definition) is 9. The van der Waals surface area contributed by atoms with Gasteiger partial charge in [-0.15, -0.1) is 11.3 Å². The summed E-state index contributed by atoms with van der Waals surface area (Å²) < 4.78 is 20.8. The minimum absolute atomic E-state index is 0.143. The Bertz CT molecular complexity index is 788. The van der Waals surface area contributed by atoms with E-state index >= 15 is 0 Å². The minimum atomic E-state index is -0.607. The third-order valence-corrected chi connectivity index (χ3v) is 6.58. The van der Waals surface area contributed by atoms with Crippen LogP contribution in [0.3, 0.4) is 0 Å². The van der Waals surface area contributed by atoms with E-state index in [-0.39, 0.29) is 29.1 Å². The second-order valence-corrected chi connectivity index (χ2v) is 8.38. The van der Waals surface area contributed by atoms with Crippen molar-refractivity contribution in [3.05, 3.63) is 16.0 Å². The van der Waals surface area contributed by atoms with Crippen molar-refractivity contribution in [1.82, 2.24) is 4.90 Å². The number of hydrogen-bond donors (Lipinski definition) is 1. The third-order valence-electron chi connectivity index (χ3n) is 5.39. The zero-order chi connectivity index (χ0) is 21.7. The summed E-state index contributed by atoms with van der Waals surface area (Å²) in [6, 6.07) is 0. The molecule has 2 fully saturated rings. The molecule has 1 amide bonds. The average molecular weight is 441 g/mol. The first-order chi connectivity index (χ1) is 14.4. The molecule has 2 aliphatic heterocycles. The fourth-order valence-corrected chi connectivity index (χ4v) is 4.98. The molecule has 30 heavy (non-hydrogen) atoms. The first kappa shape index (κ1) is 22.7. The Labute approximate surface area is 179 Å². The van der Waals surface area contributed by atoms with E-state index in [0.717, 1.165) is 37.3 Å². The highest BCUT2D eigenvalue weighted by molar-refractivity contribution is 7.18. The van der Waals surface area contributed by atoms with Crippen LogP contribution in [0.1, 0.15) is 44.9 Å². The van der Waals surface area contributed by atoms with Crippen molar-refractivity contribution in [2.75, 3.05) is 52.4 Å². The lowest BCUT2D eigenvalue weighted by Gasteiger charge is -2.34. The number of thiophene rings is 1. The molecule has 0 radical (unpaired) electrons. The SMILES string of the molecule is COC(=O)c1sc(NC(=O)CCN2CCCC(C3OCCO3)C2)c(C(=O)OC)c1C. The molecule has 0 spiro atoms. The van der Waals surface area contributed by atoms with Gasteiger partial charge in [0.15, 0.2) is 6.29 Å². The highest BCUT2D eigenvalue weighted by Gasteiger charge is 2.31.